The van der Waals surface area contributed by atoms with E-state index in [2.05, 4.69) is 9.97 Å². The Kier molecular flexibility index (Phi) is 4.62. The zero-order chi connectivity index (χ0) is 17.3. The number of benzene rings is 1. The largest absolute Gasteiger partial charge is 0.444 e. The summed E-state index contributed by atoms with van der Waals surface area (Å²) >= 11 is 0. The molecule has 130 valence electrons. The minimum absolute atomic E-state index is 0.0751. The van der Waals surface area contributed by atoms with Gasteiger partial charge in [-0.1, -0.05) is 12.1 Å². The van der Waals surface area contributed by atoms with Crippen LogP contribution >= 0.6 is 0 Å². The van der Waals surface area contributed by atoms with Crippen molar-refractivity contribution in [2.75, 3.05) is 12.3 Å². The summed E-state index contributed by atoms with van der Waals surface area (Å²) in [5.41, 5.74) is 1.15. The Bertz CT molecular complexity index is 733. The number of carbonyl (C=O) groups excluding carboxylic acids is 1. The Hall–Kier alpha value is -1.89. The Labute approximate surface area is 144 Å². The average Bonchev–Trinajstić information content (AvgIpc) is 3.11. The van der Waals surface area contributed by atoms with Gasteiger partial charge in [-0.2, -0.15) is 0 Å². The fourth-order valence-electron chi connectivity index (χ4n) is 2.86. The first-order valence-corrected chi connectivity index (χ1v) is 9.48. The van der Waals surface area contributed by atoms with Crippen molar-refractivity contribution in [3.63, 3.8) is 0 Å². The molecule has 3 rings (SSSR count). The number of aromatic nitrogens is 2. The van der Waals surface area contributed by atoms with Crippen LogP contribution in [-0.4, -0.2) is 49.1 Å². The second-order valence-electron chi connectivity index (χ2n) is 7.04. The number of carbonyl (C=O) groups is 1. The van der Waals surface area contributed by atoms with Gasteiger partial charge in [-0.15, -0.1) is 0 Å². The SMILES string of the molecule is CC(C)(C)OC(=O)N1CCC[C@H]1C[S@](=O)c1nc2ccccc2[nH]1. The summed E-state index contributed by atoms with van der Waals surface area (Å²) in [6.07, 6.45) is 1.42. The quantitative estimate of drug-likeness (QED) is 0.924. The van der Waals surface area contributed by atoms with Gasteiger partial charge >= 0.3 is 6.09 Å². The van der Waals surface area contributed by atoms with Crippen molar-refractivity contribution in [2.45, 2.75) is 50.4 Å². The summed E-state index contributed by atoms with van der Waals surface area (Å²) in [5.74, 6) is 0.374. The molecule has 1 saturated heterocycles. The first kappa shape index (κ1) is 17.0. The number of aromatic amines is 1. The molecule has 1 fully saturated rings. The molecule has 24 heavy (non-hydrogen) atoms. The van der Waals surface area contributed by atoms with Crippen LogP contribution in [0, 0.1) is 0 Å². The number of ether oxygens (including phenoxy) is 1. The number of hydrogen-bond donors (Lipinski definition) is 1. The molecule has 2 atom stereocenters. The Balaban J connectivity index is 1.69. The molecule has 0 aliphatic carbocycles. The third-order valence-corrected chi connectivity index (χ3v) is 5.24. The lowest BCUT2D eigenvalue weighted by Gasteiger charge is -2.28. The van der Waals surface area contributed by atoms with Crippen molar-refractivity contribution in [3.05, 3.63) is 24.3 Å². The van der Waals surface area contributed by atoms with Crippen LogP contribution in [0.5, 0.6) is 0 Å². The topological polar surface area (TPSA) is 75.3 Å². The number of amides is 1. The average molecular weight is 349 g/mol. The fraction of sp³-hybridized carbons (Fsp3) is 0.529. The van der Waals surface area contributed by atoms with E-state index in [1.807, 2.05) is 45.0 Å². The van der Waals surface area contributed by atoms with Crippen LogP contribution in [0.4, 0.5) is 4.79 Å². The highest BCUT2D eigenvalue weighted by Gasteiger charge is 2.33. The number of H-pyrrole nitrogens is 1. The lowest BCUT2D eigenvalue weighted by molar-refractivity contribution is 0.0241. The van der Waals surface area contributed by atoms with E-state index in [1.54, 1.807) is 4.90 Å². The molecule has 0 unspecified atom stereocenters. The van der Waals surface area contributed by atoms with Crippen LogP contribution in [0.15, 0.2) is 29.4 Å². The second-order valence-corrected chi connectivity index (χ2v) is 8.45. The van der Waals surface area contributed by atoms with E-state index in [9.17, 15) is 9.00 Å². The Morgan fingerprint density at radius 1 is 1.42 bits per heavy atom. The number of likely N-dealkylation sites (tertiary alicyclic amines) is 1. The van der Waals surface area contributed by atoms with Crippen molar-refractivity contribution in [1.29, 1.82) is 0 Å². The molecule has 0 spiro atoms. The highest BCUT2D eigenvalue weighted by Crippen LogP contribution is 2.23. The van der Waals surface area contributed by atoms with E-state index >= 15 is 0 Å². The van der Waals surface area contributed by atoms with Crippen LogP contribution < -0.4 is 0 Å². The molecule has 7 heteroatoms. The summed E-state index contributed by atoms with van der Waals surface area (Å²) in [6.45, 7) is 6.20. The summed E-state index contributed by atoms with van der Waals surface area (Å²) in [5, 5.41) is 0.465. The molecule has 6 nitrogen and oxygen atoms in total. The van der Waals surface area contributed by atoms with E-state index in [0.717, 1.165) is 23.9 Å². The number of fused-ring (bicyclic) bond motifs is 1. The van der Waals surface area contributed by atoms with Crippen molar-refractivity contribution in [3.8, 4) is 0 Å². The number of imidazole rings is 1. The highest BCUT2D eigenvalue weighted by molar-refractivity contribution is 7.84. The molecule has 1 aromatic carbocycles. The van der Waals surface area contributed by atoms with Gasteiger partial charge < -0.3 is 14.6 Å². The number of para-hydroxylation sites is 2. The van der Waals surface area contributed by atoms with Crippen molar-refractivity contribution < 1.29 is 13.7 Å². The maximum absolute atomic E-state index is 12.7. The van der Waals surface area contributed by atoms with Gasteiger partial charge in [0.1, 0.15) is 5.60 Å². The molecular weight excluding hydrogens is 326 g/mol. The van der Waals surface area contributed by atoms with Crippen molar-refractivity contribution >= 4 is 27.9 Å². The van der Waals surface area contributed by atoms with Crippen LogP contribution in [0.2, 0.25) is 0 Å². The van der Waals surface area contributed by atoms with Gasteiger partial charge in [0, 0.05) is 12.6 Å². The van der Waals surface area contributed by atoms with Crippen molar-refractivity contribution in [1.82, 2.24) is 14.9 Å². The number of nitrogens with one attached hydrogen (secondary N) is 1. The maximum atomic E-state index is 12.7. The van der Waals surface area contributed by atoms with Crippen LogP contribution in [0.1, 0.15) is 33.6 Å². The lowest BCUT2D eigenvalue weighted by atomic mass is 10.2. The second kappa shape index (κ2) is 6.55. The molecule has 1 N–H and O–H groups in total. The summed E-state index contributed by atoms with van der Waals surface area (Å²) in [4.78, 5) is 21.5. The maximum Gasteiger partial charge on any atom is 0.410 e. The summed E-state index contributed by atoms with van der Waals surface area (Å²) < 4.78 is 18.1. The third-order valence-electron chi connectivity index (χ3n) is 3.93. The molecule has 2 heterocycles. The predicted octanol–water partition coefficient (Wildman–Crippen LogP) is 3.07. The Morgan fingerprint density at radius 3 is 2.88 bits per heavy atom. The van der Waals surface area contributed by atoms with Gasteiger partial charge in [-0.3, -0.25) is 4.21 Å². The monoisotopic (exact) mass is 349 g/mol. The van der Waals surface area contributed by atoms with E-state index in [1.165, 1.54) is 0 Å². The normalized spacial score (nSPS) is 19.6. The van der Waals surface area contributed by atoms with Crippen molar-refractivity contribution in [2.24, 2.45) is 0 Å². The van der Waals surface area contributed by atoms with E-state index in [-0.39, 0.29) is 12.1 Å². The number of rotatable bonds is 3. The van der Waals surface area contributed by atoms with E-state index in [0.29, 0.717) is 17.5 Å². The molecule has 1 aliphatic heterocycles. The highest BCUT2D eigenvalue weighted by atomic mass is 32.2. The van der Waals surface area contributed by atoms with Crippen LogP contribution in [0.3, 0.4) is 0 Å². The molecule has 0 bridgehead atoms. The molecule has 1 aromatic heterocycles. The predicted molar refractivity (Wildman–Crippen MR) is 93.3 cm³/mol. The molecular formula is C17H23N3O3S. The number of nitrogens with zero attached hydrogens (tertiary/aromatic N) is 2. The molecule has 1 amide bonds. The standard InChI is InChI=1S/C17H23N3O3S/c1-17(2,3)23-16(21)20-10-6-7-12(20)11-24(22)15-18-13-8-4-5-9-14(13)19-15/h4-5,8-9,12H,6-7,10-11H2,1-3H3,(H,18,19)/t12-,24-/m0/s1. The van der Waals surface area contributed by atoms with E-state index in [4.69, 9.17) is 4.74 Å². The molecule has 0 radical (unpaired) electrons. The fourth-order valence-corrected chi connectivity index (χ4v) is 4.14. The number of hydrogen-bond acceptors (Lipinski definition) is 4. The van der Waals surface area contributed by atoms with Gasteiger partial charge in [0.15, 0.2) is 5.16 Å². The Morgan fingerprint density at radius 2 is 2.17 bits per heavy atom. The zero-order valence-corrected chi connectivity index (χ0v) is 15.1. The van der Waals surface area contributed by atoms with Crippen LogP contribution in [-0.2, 0) is 15.5 Å². The zero-order valence-electron chi connectivity index (χ0n) is 14.2. The third kappa shape index (κ3) is 3.77. The van der Waals surface area contributed by atoms with Gasteiger partial charge in [0.25, 0.3) is 0 Å². The lowest BCUT2D eigenvalue weighted by Crippen LogP contribution is -2.42. The summed E-state index contributed by atoms with van der Waals surface area (Å²) in [7, 11) is -1.28. The molecule has 1 aliphatic rings. The minimum Gasteiger partial charge on any atom is -0.444 e. The smallest absolute Gasteiger partial charge is 0.410 e. The van der Waals surface area contributed by atoms with E-state index < -0.39 is 16.4 Å². The van der Waals surface area contributed by atoms with Gasteiger partial charge in [-0.05, 0) is 45.7 Å². The van der Waals surface area contributed by atoms with Gasteiger partial charge in [0.2, 0.25) is 0 Å². The minimum atomic E-state index is -1.28. The van der Waals surface area contributed by atoms with Gasteiger partial charge in [0.05, 0.1) is 27.6 Å². The first-order chi connectivity index (χ1) is 11.3. The van der Waals surface area contributed by atoms with Crippen LogP contribution in [0.25, 0.3) is 11.0 Å². The molecule has 0 saturated carbocycles. The van der Waals surface area contributed by atoms with Gasteiger partial charge in [-0.25, -0.2) is 9.78 Å². The molecule has 2 aromatic rings. The summed E-state index contributed by atoms with van der Waals surface area (Å²) in [6, 6.07) is 7.53. The first-order valence-electron chi connectivity index (χ1n) is 8.16.